The highest BCUT2D eigenvalue weighted by atomic mass is 79.9. The Balaban J connectivity index is 2.14. The van der Waals surface area contributed by atoms with Crippen molar-refractivity contribution < 1.29 is 19.1 Å². The number of rotatable bonds is 7. The summed E-state index contributed by atoms with van der Waals surface area (Å²) < 4.78 is 11.7. The lowest BCUT2D eigenvalue weighted by Crippen LogP contribution is -2.58. The van der Waals surface area contributed by atoms with E-state index in [1.165, 1.54) is 0 Å². The second-order valence-corrected chi connectivity index (χ2v) is 7.85. The molecule has 3 rings (SSSR count). The van der Waals surface area contributed by atoms with Gasteiger partial charge in [0.25, 0.3) is 0 Å². The van der Waals surface area contributed by atoms with Crippen molar-refractivity contribution >= 4 is 33.9 Å². The molecule has 0 unspecified atom stereocenters. The van der Waals surface area contributed by atoms with Gasteiger partial charge in [0.15, 0.2) is 0 Å². The van der Waals surface area contributed by atoms with E-state index in [1.54, 1.807) is 13.8 Å². The van der Waals surface area contributed by atoms with Crippen LogP contribution in [0.1, 0.15) is 31.4 Å². The summed E-state index contributed by atoms with van der Waals surface area (Å²) in [4.78, 5) is 28.6. The van der Waals surface area contributed by atoms with E-state index in [4.69, 9.17) is 9.47 Å². The van der Waals surface area contributed by atoms with Crippen LogP contribution in [0.2, 0.25) is 0 Å². The molecule has 1 saturated heterocycles. The summed E-state index contributed by atoms with van der Waals surface area (Å²) in [7, 11) is 0. The van der Waals surface area contributed by atoms with E-state index in [0.29, 0.717) is 25.1 Å². The second-order valence-electron chi connectivity index (χ2n) is 7.00. The number of benzene rings is 2. The minimum absolute atomic E-state index is 0.182. The number of ether oxygens (including phenoxy) is 2. The van der Waals surface area contributed by atoms with Gasteiger partial charge in [-0.2, -0.15) is 0 Å². The molecular formula is C24H26BrNO4. The Hall–Kier alpha value is -2.44. The standard InChI is InChI=1S/C24H26BrNO4/c1-3-29-22(27)24(23(28)30-4-2)20(16-19-12-8-9-13-21(19)25)14-15-26(24)17-18-10-6-5-7-11-18/h5-13,16H,3-4,14-15,17H2,1-2H3/b20-16+. The van der Waals surface area contributed by atoms with Crippen molar-refractivity contribution in [3.63, 3.8) is 0 Å². The first-order valence-electron chi connectivity index (χ1n) is 10.1. The van der Waals surface area contributed by atoms with E-state index in [-0.39, 0.29) is 13.2 Å². The van der Waals surface area contributed by atoms with Gasteiger partial charge in [-0.3, -0.25) is 4.90 Å². The summed E-state index contributed by atoms with van der Waals surface area (Å²) in [6, 6.07) is 17.5. The van der Waals surface area contributed by atoms with Gasteiger partial charge in [-0.25, -0.2) is 9.59 Å². The highest BCUT2D eigenvalue weighted by molar-refractivity contribution is 9.10. The van der Waals surface area contributed by atoms with Gasteiger partial charge >= 0.3 is 11.9 Å². The van der Waals surface area contributed by atoms with Crippen LogP contribution < -0.4 is 0 Å². The summed E-state index contributed by atoms with van der Waals surface area (Å²) in [6.45, 7) is 4.83. The first-order valence-corrected chi connectivity index (χ1v) is 10.9. The summed E-state index contributed by atoms with van der Waals surface area (Å²) in [5, 5.41) is 0. The van der Waals surface area contributed by atoms with Crippen LogP contribution in [0.3, 0.4) is 0 Å². The normalized spacial score (nSPS) is 17.1. The number of likely N-dealkylation sites (tertiary alicyclic amines) is 1. The highest BCUT2D eigenvalue weighted by Gasteiger charge is 2.59. The highest BCUT2D eigenvalue weighted by Crippen LogP contribution is 2.40. The molecule has 30 heavy (non-hydrogen) atoms. The number of carbonyl (C=O) groups is 2. The van der Waals surface area contributed by atoms with Gasteiger partial charge in [-0.05, 0) is 43.0 Å². The first-order chi connectivity index (χ1) is 14.5. The van der Waals surface area contributed by atoms with Crippen molar-refractivity contribution in [1.82, 2.24) is 4.90 Å². The quantitative estimate of drug-likeness (QED) is 0.436. The number of hydrogen-bond acceptors (Lipinski definition) is 5. The van der Waals surface area contributed by atoms with E-state index in [0.717, 1.165) is 15.6 Å². The van der Waals surface area contributed by atoms with Gasteiger partial charge in [-0.1, -0.05) is 70.5 Å². The SMILES string of the molecule is CCOC(=O)C1(C(=O)OCC)/C(=C/c2ccccc2Br)CCN1Cc1ccccc1. The van der Waals surface area contributed by atoms with Crippen LogP contribution in [0.5, 0.6) is 0 Å². The Kier molecular flexibility index (Phi) is 7.45. The van der Waals surface area contributed by atoms with Crippen molar-refractivity contribution in [3.05, 3.63) is 75.8 Å². The molecule has 0 saturated carbocycles. The number of carbonyl (C=O) groups excluding carboxylic acids is 2. The van der Waals surface area contributed by atoms with E-state index in [9.17, 15) is 9.59 Å². The van der Waals surface area contributed by atoms with Crippen LogP contribution in [0, 0.1) is 0 Å². The molecule has 0 amide bonds. The average Bonchev–Trinajstić information content (AvgIpc) is 3.09. The molecule has 0 bridgehead atoms. The maximum absolute atomic E-state index is 13.4. The van der Waals surface area contributed by atoms with Crippen molar-refractivity contribution in [2.24, 2.45) is 0 Å². The zero-order valence-electron chi connectivity index (χ0n) is 17.3. The minimum Gasteiger partial charge on any atom is -0.464 e. The fourth-order valence-corrected chi connectivity index (χ4v) is 4.24. The molecule has 5 nitrogen and oxygen atoms in total. The molecule has 2 aromatic carbocycles. The second kappa shape index (κ2) is 10.0. The third kappa shape index (κ3) is 4.35. The molecule has 0 atom stereocenters. The predicted octanol–water partition coefficient (Wildman–Crippen LogP) is 4.60. The van der Waals surface area contributed by atoms with Gasteiger partial charge in [-0.15, -0.1) is 0 Å². The molecule has 0 radical (unpaired) electrons. The fraction of sp³-hybridized carbons (Fsp3) is 0.333. The maximum Gasteiger partial charge on any atom is 0.342 e. The molecule has 0 aliphatic carbocycles. The Bertz CT molecular complexity index is 908. The molecule has 1 heterocycles. The van der Waals surface area contributed by atoms with Crippen molar-refractivity contribution in [3.8, 4) is 0 Å². The number of nitrogens with zero attached hydrogens (tertiary/aromatic N) is 1. The van der Waals surface area contributed by atoms with Gasteiger partial charge in [0.05, 0.1) is 13.2 Å². The molecule has 6 heteroatoms. The van der Waals surface area contributed by atoms with E-state index in [1.807, 2.05) is 65.6 Å². The summed E-state index contributed by atoms with van der Waals surface area (Å²) >= 11 is 3.56. The number of halogens is 1. The lowest BCUT2D eigenvalue weighted by molar-refractivity contribution is -0.170. The number of esters is 2. The van der Waals surface area contributed by atoms with Gasteiger partial charge < -0.3 is 9.47 Å². The molecular weight excluding hydrogens is 446 g/mol. The topological polar surface area (TPSA) is 55.8 Å². The van der Waals surface area contributed by atoms with Crippen molar-refractivity contribution in [2.45, 2.75) is 32.4 Å². The third-order valence-corrected chi connectivity index (χ3v) is 5.91. The predicted molar refractivity (Wildman–Crippen MR) is 120 cm³/mol. The lowest BCUT2D eigenvalue weighted by atomic mass is 9.88. The van der Waals surface area contributed by atoms with Crippen LogP contribution in [-0.2, 0) is 25.6 Å². The Morgan fingerprint density at radius 3 is 2.20 bits per heavy atom. The molecule has 0 N–H and O–H groups in total. The Labute approximate surface area is 185 Å². The van der Waals surface area contributed by atoms with Crippen molar-refractivity contribution in [1.29, 1.82) is 0 Å². The molecule has 1 aliphatic heterocycles. The van der Waals surface area contributed by atoms with E-state index < -0.39 is 17.5 Å². The van der Waals surface area contributed by atoms with Gasteiger partial charge in [0.2, 0.25) is 5.54 Å². The van der Waals surface area contributed by atoms with E-state index in [2.05, 4.69) is 15.9 Å². The van der Waals surface area contributed by atoms with Crippen LogP contribution >= 0.6 is 15.9 Å². The fourth-order valence-electron chi connectivity index (χ4n) is 3.84. The molecule has 1 fully saturated rings. The Morgan fingerprint density at radius 2 is 1.60 bits per heavy atom. The van der Waals surface area contributed by atoms with Crippen LogP contribution in [-0.4, -0.2) is 42.1 Å². The van der Waals surface area contributed by atoms with Crippen LogP contribution in [0.25, 0.3) is 6.08 Å². The monoisotopic (exact) mass is 471 g/mol. The third-order valence-electron chi connectivity index (χ3n) is 5.18. The molecule has 0 aromatic heterocycles. The molecule has 0 spiro atoms. The molecule has 1 aliphatic rings. The van der Waals surface area contributed by atoms with Gasteiger partial charge in [0, 0.05) is 17.6 Å². The summed E-state index contributed by atoms with van der Waals surface area (Å²) in [6.07, 6.45) is 2.47. The van der Waals surface area contributed by atoms with Crippen LogP contribution in [0.15, 0.2) is 64.6 Å². The molecule has 158 valence electrons. The number of hydrogen-bond donors (Lipinski definition) is 0. The van der Waals surface area contributed by atoms with Crippen LogP contribution in [0.4, 0.5) is 0 Å². The lowest BCUT2D eigenvalue weighted by Gasteiger charge is -2.35. The maximum atomic E-state index is 13.4. The first kappa shape index (κ1) is 22.2. The zero-order valence-corrected chi connectivity index (χ0v) is 18.9. The summed E-state index contributed by atoms with van der Waals surface area (Å²) in [5.74, 6) is -1.18. The average molecular weight is 472 g/mol. The minimum atomic E-state index is -1.60. The van der Waals surface area contributed by atoms with Gasteiger partial charge in [0.1, 0.15) is 0 Å². The zero-order chi connectivity index (χ0) is 21.6. The Morgan fingerprint density at radius 1 is 1.00 bits per heavy atom. The van der Waals surface area contributed by atoms with Crippen molar-refractivity contribution in [2.75, 3.05) is 19.8 Å². The molecule has 2 aromatic rings. The summed E-state index contributed by atoms with van der Waals surface area (Å²) in [5.41, 5.74) is 0.990. The van der Waals surface area contributed by atoms with E-state index >= 15 is 0 Å². The largest absolute Gasteiger partial charge is 0.464 e. The smallest absolute Gasteiger partial charge is 0.342 e.